The van der Waals surface area contributed by atoms with E-state index in [4.69, 9.17) is 10.8 Å². The van der Waals surface area contributed by atoms with Crippen LogP contribution in [0.1, 0.15) is 26.2 Å². The molecule has 0 saturated carbocycles. The fraction of sp³-hybridized carbons (Fsp3) is 0.769. The molecular weight excluding hydrogens is 262 g/mol. The Morgan fingerprint density at radius 3 is 2.50 bits per heavy atom. The van der Waals surface area contributed by atoms with Gasteiger partial charge >= 0.3 is 12.0 Å². The van der Waals surface area contributed by atoms with Crippen molar-refractivity contribution in [2.75, 3.05) is 26.2 Å². The molecule has 2 aliphatic rings. The van der Waals surface area contributed by atoms with Crippen LogP contribution in [-0.4, -0.2) is 59.0 Å². The van der Waals surface area contributed by atoms with Crippen LogP contribution in [0.5, 0.6) is 0 Å². The van der Waals surface area contributed by atoms with Crippen molar-refractivity contribution >= 4 is 17.9 Å². The van der Waals surface area contributed by atoms with E-state index in [9.17, 15) is 14.4 Å². The lowest BCUT2D eigenvalue weighted by atomic mass is 9.89. The molecule has 0 radical (unpaired) electrons. The zero-order valence-electron chi connectivity index (χ0n) is 11.7. The Morgan fingerprint density at radius 2 is 1.95 bits per heavy atom. The number of primary amides is 1. The molecular formula is C13H21N3O4. The first-order valence-electron chi connectivity index (χ1n) is 6.90. The molecule has 2 fully saturated rings. The molecule has 2 heterocycles. The molecule has 2 saturated heterocycles. The first-order valence-corrected chi connectivity index (χ1v) is 6.90. The van der Waals surface area contributed by atoms with Crippen LogP contribution >= 0.6 is 0 Å². The van der Waals surface area contributed by atoms with E-state index in [-0.39, 0.29) is 12.6 Å². The summed E-state index contributed by atoms with van der Waals surface area (Å²) in [6.07, 6.45) is 1.87. The molecule has 2 atom stereocenters. The normalized spacial score (nSPS) is 30.4. The topological polar surface area (TPSA) is 104 Å². The molecule has 3 amide bonds. The van der Waals surface area contributed by atoms with Gasteiger partial charge in [-0.1, -0.05) is 0 Å². The molecule has 0 aromatic carbocycles. The molecule has 3 N–H and O–H groups in total. The standard InChI is InChI=1S/C13H21N3O4/c1-13(11(14)19)4-6-16(8-13)12(20)15-5-2-3-9(7-15)10(17)18/h9H,2-8H2,1H3,(H2,14,19)(H,17,18)/t9-,13?/m1/s1. The van der Waals surface area contributed by atoms with Crippen LogP contribution in [0, 0.1) is 11.3 Å². The number of carboxylic acid groups (broad SMARTS) is 1. The Bertz CT molecular complexity index is 435. The van der Waals surface area contributed by atoms with Crippen molar-refractivity contribution in [2.45, 2.75) is 26.2 Å². The summed E-state index contributed by atoms with van der Waals surface area (Å²) in [5, 5.41) is 9.05. The summed E-state index contributed by atoms with van der Waals surface area (Å²) >= 11 is 0. The number of carboxylic acids is 1. The van der Waals surface area contributed by atoms with Gasteiger partial charge in [0.1, 0.15) is 0 Å². The predicted octanol–water partition coefficient (Wildman–Crippen LogP) is 0.100. The monoisotopic (exact) mass is 283 g/mol. The highest BCUT2D eigenvalue weighted by Crippen LogP contribution is 2.30. The van der Waals surface area contributed by atoms with Gasteiger partial charge < -0.3 is 20.6 Å². The maximum atomic E-state index is 12.4. The van der Waals surface area contributed by atoms with Crippen LogP contribution in [-0.2, 0) is 9.59 Å². The van der Waals surface area contributed by atoms with E-state index in [1.54, 1.807) is 16.7 Å². The fourth-order valence-electron chi connectivity index (χ4n) is 2.88. The number of carbonyl (C=O) groups excluding carboxylic acids is 2. The average Bonchev–Trinajstić information content (AvgIpc) is 2.82. The molecule has 7 heteroatoms. The van der Waals surface area contributed by atoms with Gasteiger partial charge in [0.05, 0.1) is 11.3 Å². The van der Waals surface area contributed by atoms with Crippen molar-refractivity contribution in [1.29, 1.82) is 0 Å². The van der Waals surface area contributed by atoms with Crippen LogP contribution in [0.4, 0.5) is 4.79 Å². The fourth-order valence-corrected chi connectivity index (χ4v) is 2.88. The summed E-state index contributed by atoms with van der Waals surface area (Å²) in [6.45, 7) is 3.39. The number of nitrogens with two attached hydrogens (primary N) is 1. The Morgan fingerprint density at radius 1 is 1.25 bits per heavy atom. The van der Waals surface area contributed by atoms with Crippen LogP contribution in [0.25, 0.3) is 0 Å². The second-order valence-electron chi connectivity index (χ2n) is 6.00. The number of piperidine rings is 1. The van der Waals surface area contributed by atoms with Gasteiger partial charge in [-0.3, -0.25) is 9.59 Å². The van der Waals surface area contributed by atoms with E-state index in [2.05, 4.69) is 0 Å². The minimum atomic E-state index is -0.856. The Labute approximate surface area is 117 Å². The van der Waals surface area contributed by atoms with Crippen molar-refractivity contribution in [3.8, 4) is 0 Å². The molecule has 7 nitrogen and oxygen atoms in total. The highest BCUT2D eigenvalue weighted by atomic mass is 16.4. The summed E-state index contributed by atoms with van der Waals surface area (Å²) in [7, 11) is 0. The van der Waals surface area contributed by atoms with E-state index in [0.717, 1.165) is 0 Å². The van der Waals surface area contributed by atoms with Crippen molar-refractivity contribution in [2.24, 2.45) is 17.1 Å². The lowest BCUT2D eigenvalue weighted by Crippen LogP contribution is -2.49. The predicted molar refractivity (Wildman–Crippen MR) is 70.8 cm³/mol. The third-order valence-electron chi connectivity index (χ3n) is 4.38. The van der Waals surface area contributed by atoms with Gasteiger partial charge in [0.2, 0.25) is 5.91 Å². The second-order valence-corrected chi connectivity index (χ2v) is 6.00. The molecule has 112 valence electrons. The van der Waals surface area contributed by atoms with E-state index in [0.29, 0.717) is 38.9 Å². The van der Waals surface area contributed by atoms with Gasteiger partial charge in [0.25, 0.3) is 0 Å². The van der Waals surface area contributed by atoms with Crippen LogP contribution in [0.3, 0.4) is 0 Å². The van der Waals surface area contributed by atoms with Gasteiger partial charge in [-0.2, -0.15) is 0 Å². The number of rotatable bonds is 2. The summed E-state index contributed by atoms with van der Waals surface area (Å²) in [6, 6.07) is -0.180. The number of aliphatic carboxylic acids is 1. The summed E-state index contributed by atoms with van der Waals surface area (Å²) < 4.78 is 0. The van der Waals surface area contributed by atoms with Crippen LogP contribution < -0.4 is 5.73 Å². The maximum Gasteiger partial charge on any atom is 0.320 e. The third kappa shape index (κ3) is 2.71. The van der Waals surface area contributed by atoms with Gasteiger partial charge in [-0.05, 0) is 26.2 Å². The van der Waals surface area contributed by atoms with E-state index in [1.165, 1.54) is 0 Å². The Kier molecular flexibility index (Phi) is 3.87. The van der Waals surface area contributed by atoms with E-state index in [1.807, 2.05) is 0 Å². The molecule has 2 rings (SSSR count). The minimum Gasteiger partial charge on any atom is -0.481 e. The largest absolute Gasteiger partial charge is 0.481 e. The summed E-state index contributed by atoms with van der Waals surface area (Å²) in [5.41, 5.74) is 4.70. The highest BCUT2D eigenvalue weighted by Gasteiger charge is 2.42. The molecule has 20 heavy (non-hydrogen) atoms. The number of carbonyl (C=O) groups is 3. The smallest absolute Gasteiger partial charge is 0.320 e. The van der Waals surface area contributed by atoms with Crippen molar-refractivity contribution < 1.29 is 19.5 Å². The zero-order chi connectivity index (χ0) is 14.9. The van der Waals surface area contributed by atoms with Gasteiger partial charge in [0.15, 0.2) is 0 Å². The van der Waals surface area contributed by atoms with E-state index >= 15 is 0 Å². The van der Waals surface area contributed by atoms with Crippen molar-refractivity contribution in [1.82, 2.24) is 9.80 Å². The van der Waals surface area contributed by atoms with Gasteiger partial charge in [0, 0.05) is 26.2 Å². The van der Waals surface area contributed by atoms with Crippen molar-refractivity contribution in [3.63, 3.8) is 0 Å². The Balaban J connectivity index is 1.98. The SMILES string of the molecule is CC1(C(N)=O)CCN(C(=O)N2CCC[C@@H](C(=O)O)C2)C1. The first-order chi connectivity index (χ1) is 9.33. The molecule has 0 aromatic rings. The first kappa shape index (κ1) is 14.6. The maximum absolute atomic E-state index is 12.4. The van der Waals surface area contributed by atoms with Gasteiger partial charge in [-0.15, -0.1) is 0 Å². The quantitative estimate of drug-likeness (QED) is 0.750. The number of urea groups is 1. The molecule has 0 aromatic heterocycles. The number of nitrogens with zero attached hydrogens (tertiary/aromatic N) is 2. The highest BCUT2D eigenvalue weighted by molar-refractivity contribution is 5.83. The molecule has 2 aliphatic heterocycles. The van der Waals surface area contributed by atoms with Gasteiger partial charge in [-0.25, -0.2) is 4.79 Å². The lowest BCUT2D eigenvalue weighted by Gasteiger charge is -2.34. The molecule has 1 unspecified atom stereocenters. The number of hydrogen-bond acceptors (Lipinski definition) is 3. The van der Waals surface area contributed by atoms with E-state index < -0.39 is 23.2 Å². The number of amides is 3. The number of likely N-dealkylation sites (tertiary alicyclic amines) is 2. The lowest BCUT2D eigenvalue weighted by molar-refractivity contribution is -0.143. The van der Waals surface area contributed by atoms with Crippen LogP contribution in [0.2, 0.25) is 0 Å². The summed E-state index contributed by atoms with van der Waals surface area (Å²) in [5.74, 6) is -1.74. The van der Waals surface area contributed by atoms with Crippen molar-refractivity contribution in [3.05, 3.63) is 0 Å². The second kappa shape index (κ2) is 5.30. The molecule has 0 aliphatic carbocycles. The third-order valence-corrected chi connectivity index (χ3v) is 4.38. The zero-order valence-corrected chi connectivity index (χ0v) is 11.7. The minimum absolute atomic E-state index is 0.180. The van der Waals surface area contributed by atoms with Crippen LogP contribution in [0.15, 0.2) is 0 Å². The number of hydrogen-bond donors (Lipinski definition) is 2. The summed E-state index contributed by atoms with van der Waals surface area (Å²) in [4.78, 5) is 38.0. The molecule has 0 spiro atoms. The molecule has 0 bridgehead atoms. The Hall–Kier alpha value is -1.79. The average molecular weight is 283 g/mol.